The topological polar surface area (TPSA) is 69.7 Å². The summed E-state index contributed by atoms with van der Waals surface area (Å²) in [6.45, 7) is 2.75. The molecule has 2 fully saturated rings. The van der Waals surface area contributed by atoms with E-state index in [9.17, 15) is 13.2 Å². The molecule has 2 aliphatic heterocycles. The molecule has 0 bridgehead atoms. The molecule has 1 atom stereocenters. The maximum absolute atomic E-state index is 12.7. The van der Waals surface area contributed by atoms with Crippen LogP contribution in [-0.2, 0) is 21.2 Å². The number of amides is 1. The van der Waals surface area contributed by atoms with Crippen molar-refractivity contribution in [2.24, 2.45) is 0 Å². The van der Waals surface area contributed by atoms with Crippen molar-refractivity contribution in [1.82, 2.24) is 14.5 Å². The van der Waals surface area contributed by atoms with Gasteiger partial charge in [0.15, 0.2) is 0 Å². The minimum absolute atomic E-state index is 0.108. The zero-order valence-electron chi connectivity index (χ0n) is 15.5. The maximum atomic E-state index is 12.7. The molecule has 3 rings (SSSR count). The van der Waals surface area contributed by atoms with Crippen LogP contribution < -0.4 is 5.32 Å². The van der Waals surface area contributed by atoms with Gasteiger partial charge >= 0.3 is 0 Å². The molecule has 6 nitrogen and oxygen atoms in total. The molecule has 26 heavy (non-hydrogen) atoms. The van der Waals surface area contributed by atoms with Crippen LogP contribution in [0.15, 0.2) is 29.2 Å². The third-order valence-electron chi connectivity index (χ3n) is 5.41. The summed E-state index contributed by atoms with van der Waals surface area (Å²) >= 11 is 0. The maximum Gasteiger partial charge on any atom is 0.243 e. The van der Waals surface area contributed by atoms with E-state index in [0.717, 1.165) is 50.8 Å². The van der Waals surface area contributed by atoms with Gasteiger partial charge < -0.3 is 10.2 Å². The highest BCUT2D eigenvalue weighted by Gasteiger charge is 2.26. The fourth-order valence-corrected chi connectivity index (χ4v) is 5.28. The van der Waals surface area contributed by atoms with Crippen molar-refractivity contribution in [2.75, 3.05) is 33.2 Å². The molecule has 2 heterocycles. The second-order valence-corrected chi connectivity index (χ2v) is 9.19. The van der Waals surface area contributed by atoms with Crippen LogP contribution in [0.1, 0.15) is 37.7 Å². The molecule has 1 amide bonds. The summed E-state index contributed by atoms with van der Waals surface area (Å²) in [5.74, 6) is 0.108. The van der Waals surface area contributed by atoms with Gasteiger partial charge in [-0.3, -0.25) is 4.79 Å². The molecule has 0 spiro atoms. The van der Waals surface area contributed by atoms with Crippen LogP contribution in [0.3, 0.4) is 0 Å². The van der Waals surface area contributed by atoms with Gasteiger partial charge in [0.05, 0.1) is 11.3 Å². The van der Waals surface area contributed by atoms with Crippen LogP contribution in [0, 0.1) is 0 Å². The van der Waals surface area contributed by atoms with Crippen molar-refractivity contribution < 1.29 is 13.2 Å². The van der Waals surface area contributed by atoms with Crippen LogP contribution in [0.4, 0.5) is 0 Å². The quantitative estimate of drug-likeness (QED) is 0.844. The Bertz CT molecular complexity index is 712. The summed E-state index contributed by atoms with van der Waals surface area (Å²) in [6.07, 6.45) is 5.39. The lowest BCUT2D eigenvalue weighted by molar-refractivity contribution is -0.131. The molecule has 1 unspecified atom stereocenters. The average Bonchev–Trinajstić information content (AvgIpc) is 2.69. The van der Waals surface area contributed by atoms with Crippen LogP contribution in [0.2, 0.25) is 0 Å². The van der Waals surface area contributed by atoms with Gasteiger partial charge in [-0.1, -0.05) is 18.6 Å². The van der Waals surface area contributed by atoms with Gasteiger partial charge in [0.25, 0.3) is 0 Å². The van der Waals surface area contributed by atoms with E-state index in [-0.39, 0.29) is 5.91 Å². The molecule has 2 aliphatic rings. The smallest absolute Gasteiger partial charge is 0.243 e. The van der Waals surface area contributed by atoms with E-state index in [1.807, 2.05) is 11.9 Å². The van der Waals surface area contributed by atoms with Crippen LogP contribution >= 0.6 is 0 Å². The molecule has 0 aliphatic carbocycles. The van der Waals surface area contributed by atoms with Gasteiger partial charge in [0.2, 0.25) is 15.9 Å². The summed E-state index contributed by atoms with van der Waals surface area (Å²) < 4.78 is 26.9. The number of carbonyl (C=O) groups is 1. The van der Waals surface area contributed by atoms with Crippen molar-refractivity contribution in [2.45, 2.75) is 49.5 Å². The number of hydrogen-bond donors (Lipinski definition) is 1. The molecule has 144 valence electrons. The normalized spacial score (nSPS) is 22.3. The number of hydrogen-bond acceptors (Lipinski definition) is 4. The van der Waals surface area contributed by atoms with E-state index in [1.54, 1.807) is 28.6 Å². The van der Waals surface area contributed by atoms with Crippen LogP contribution in [0.5, 0.6) is 0 Å². The minimum Gasteiger partial charge on any atom is -0.341 e. The molecule has 2 saturated heterocycles. The second kappa shape index (κ2) is 8.50. The molecule has 1 N–H and O–H groups in total. The predicted octanol–water partition coefficient (Wildman–Crippen LogP) is 1.61. The minimum atomic E-state index is -3.41. The zero-order chi connectivity index (χ0) is 18.6. The van der Waals surface area contributed by atoms with Crippen LogP contribution in [-0.4, -0.2) is 62.8 Å². The Kier molecular flexibility index (Phi) is 6.32. The highest BCUT2D eigenvalue weighted by molar-refractivity contribution is 7.89. The number of sulfonamides is 1. The monoisotopic (exact) mass is 379 g/mol. The standard InChI is InChI=1S/C19H29N3O3S/c1-20-17-6-5-11-21(15-17)19(23)14-16-7-9-18(10-8-16)26(24,25)22-12-3-2-4-13-22/h7-10,17,20H,2-6,11-15H2,1H3. The van der Waals surface area contributed by atoms with Gasteiger partial charge in [0.1, 0.15) is 0 Å². The Hall–Kier alpha value is -1.44. The molecule has 0 aromatic heterocycles. The molecular formula is C19H29N3O3S. The Morgan fingerprint density at radius 3 is 2.42 bits per heavy atom. The number of nitrogens with one attached hydrogen (secondary N) is 1. The molecule has 1 aromatic rings. The molecule has 0 radical (unpaired) electrons. The van der Waals surface area contributed by atoms with Gasteiger partial charge in [-0.2, -0.15) is 4.31 Å². The Morgan fingerprint density at radius 1 is 1.08 bits per heavy atom. The SMILES string of the molecule is CNC1CCCN(C(=O)Cc2ccc(S(=O)(=O)N3CCCCC3)cc2)C1. The summed E-state index contributed by atoms with van der Waals surface area (Å²) in [6, 6.07) is 7.19. The first-order chi connectivity index (χ1) is 12.5. The zero-order valence-corrected chi connectivity index (χ0v) is 16.3. The van der Waals surface area contributed by atoms with Gasteiger partial charge in [-0.25, -0.2) is 8.42 Å². The lowest BCUT2D eigenvalue weighted by Crippen LogP contribution is -2.47. The van der Waals surface area contributed by atoms with Crippen molar-refractivity contribution >= 4 is 15.9 Å². The molecular weight excluding hydrogens is 350 g/mol. The largest absolute Gasteiger partial charge is 0.341 e. The predicted molar refractivity (Wildman–Crippen MR) is 101 cm³/mol. The molecule has 7 heteroatoms. The Balaban J connectivity index is 1.63. The van der Waals surface area contributed by atoms with Crippen molar-refractivity contribution in [3.8, 4) is 0 Å². The molecule has 1 aromatic carbocycles. The van der Waals surface area contributed by atoms with E-state index >= 15 is 0 Å². The van der Waals surface area contributed by atoms with E-state index in [2.05, 4.69) is 5.32 Å². The first-order valence-electron chi connectivity index (χ1n) is 9.55. The number of likely N-dealkylation sites (tertiary alicyclic amines) is 1. The number of likely N-dealkylation sites (N-methyl/N-ethyl adjacent to an activating group) is 1. The fourth-order valence-electron chi connectivity index (χ4n) is 3.76. The Morgan fingerprint density at radius 2 is 1.77 bits per heavy atom. The third kappa shape index (κ3) is 4.45. The lowest BCUT2D eigenvalue weighted by Gasteiger charge is -2.32. The Labute approximate surface area is 156 Å². The lowest BCUT2D eigenvalue weighted by atomic mass is 10.0. The van der Waals surface area contributed by atoms with E-state index in [1.165, 1.54) is 0 Å². The summed E-state index contributed by atoms with van der Waals surface area (Å²) in [4.78, 5) is 14.8. The number of piperidine rings is 2. The summed E-state index contributed by atoms with van der Waals surface area (Å²) in [7, 11) is -1.48. The van der Waals surface area contributed by atoms with Crippen molar-refractivity contribution in [1.29, 1.82) is 0 Å². The van der Waals surface area contributed by atoms with E-state index < -0.39 is 10.0 Å². The van der Waals surface area contributed by atoms with Crippen LogP contribution in [0.25, 0.3) is 0 Å². The molecule has 0 saturated carbocycles. The van der Waals surface area contributed by atoms with Gasteiger partial charge in [-0.15, -0.1) is 0 Å². The second-order valence-electron chi connectivity index (χ2n) is 7.25. The van der Waals surface area contributed by atoms with E-state index in [0.29, 0.717) is 30.4 Å². The first kappa shape index (κ1) is 19.3. The highest BCUT2D eigenvalue weighted by atomic mass is 32.2. The van der Waals surface area contributed by atoms with E-state index in [4.69, 9.17) is 0 Å². The number of carbonyl (C=O) groups excluding carboxylic acids is 1. The summed E-state index contributed by atoms with van der Waals surface area (Å²) in [5.41, 5.74) is 0.860. The average molecular weight is 380 g/mol. The first-order valence-corrected chi connectivity index (χ1v) is 11.0. The number of benzene rings is 1. The van der Waals surface area contributed by atoms with Gasteiger partial charge in [-0.05, 0) is 50.4 Å². The highest BCUT2D eigenvalue weighted by Crippen LogP contribution is 2.21. The third-order valence-corrected chi connectivity index (χ3v) is 7.33. The van der Waals surface area contributed by atoms with Crippen molar-refractivity contribution in [3.05, 3.63) is 29.8 Å². The van der Waals surface area contributed by atoms with Crippen molar-refractivity contribution in [3.63, 3.8) is 0 Å². The fraction of sp³-hybridized carbons (Fsp3) is 0.632. The van der Waals surface area contributed by atoms with Gasteiger partial charge in [0, 0.05) is 32.2 Å². The summed E-state index contributed by atoms with van der Waals surface area (Å²) in [5, 5.41) is 3.24. The number of rotatable bonds is 5. The number of nitrogens with zero attached hydrogens (tertiary/aromatic N) is 2.